The summed E-state index contributed by atoms with van der Waals surface area (Å²) in [7, 11) is 7.88. The number of carbonyl (C=O) groups is 3. The van der Waals surface area contributed by atoms with Gasteiger partial charge in [-0.05, 0) is 74.4 Å². The summed E-state index contributed by atoms with van der Waals surface area (Å²) in [5.41, 5.74) is 12.1. The lowest BCUT2D eigenvalue weighted by atomic mass is 9.84. The second-order valence-electron chi connectivity index (χ2n) is 14.3. The molecule has 7 rings (SSSR count). The molecule has 4 heterocycles. The number of hydrogen-bond acceptors (Lipinski definition) is 8. The molecule has 3 fully saturated rings. The highest BCUT2D eigenvalue weighted by Crippen LogP contribution is 2.37. The zero-order valence-electron chi connectivity index (χ0n) is 27.9. The SMILES string of the molecule is CN(C)c1cc2c(cc1N)CN([C@H]1CC[C@H](CN(C)C3CN(Cc4cccc5c4n(C)c(=O)n5C4CCC(=O)NC4=O)C3)CC1)C2=O. The van der Waals surface area contributed by atoms with Crippen molar-refractivity contribution in [2.45, 2.75) is 69.7 Å². The van der Waals surface area contributed by atoms with E-state index in [1.54, 1.807) is 16.2 Å². The van der Waals surface area contributed by atoms with Gasteiger partial charge in [0.2, 0.25) is 11.8 Å². The first-order chi connectivity index (χ1) is 22.5. The van der Waals surface area contributed by atoms with Gasteiger partial charge in [-0.15, -0.1) is 0 Å². The van der Waals surface area contributed by atoms with E-state index in [9.17, 15) is 19.2 Å². The fraction of sp³-hybridized carbons (Fsp3) is 0.543. The van der Waals surface area contributed by atoms with Crippen LogP contribution < -0.4 is 21.6 Å². The first-order valence-electron chi connectivity index (χ1n) is 16.9. The number of aromatic nitrogens is 2. The lowest BCUT2D eigenvalue weighted by Crippen LogP contribution is -2.58. The molecule has 12 heteroatoms. The smallest absolute Gasteiger partial charge is 0.329 e. The molecule has 12 nitrogen and oxygen atoms in total. The van der Waals surface area contributed by atoms with Gasteiger partial charge in [-0.25, -0.2) is 4.79 Å². The standard InChI is InChI=1S/C35H46N8O4/c1-38(2)30-15-26-23(14-27(30)36)18-42(34(26)46)24-10-8-21(9-11-24)16-39(3)25-19-41(20-25)17-22-6-5-7-28-32(22)40(4)35(47)43(28)29-12-13-31(44)37-33(29)45/h5-7,14-15,21,24-25,29H,8-13,16-20,36H2,1-4H3,(H,37,44,45)/t21-,24-,29?. The number of aryl methyl sites for hydroxylation is 1. The van der Waals surface area contributed by atoms with Crippen LogP contribution in [0.4, 0.5) is 11.4 Å². The van der Waals surface area contributed by atoms with Crippen LogP contribution in [0.15, 0.2) is 35.1 Å². The van der Waals surface area contributed by atoms with Crippen molar-refractivity contribution in [3.05, 3.63) is 57.5 Å². The number of amides is 3. The van der Waals surface area contributed by atoms with Crippen LogP contribution in [0.5, 0.6) is 0 Å². The molecule has 1 aromatic heterocycles. The molecule has 250 valence electrons. The number of piperidine rings is 1. The highest BCUT2D eigenvalue weighted by molar-refractivity contribution is 6.01. The quantitative estimate of drug-likeness (QED) is 0.283. The summed E-state index contributed by atoms with van der Waals surface area (Å²) in [5.74, 6) is 0.0568. The lowest BCUT2D eigenvalue weighted by Gasteiger charge is -2.46. The number of anilines is 2. The average Bonchev–Trinajstić information content (AvgIpc) is 3.46. The first-order valence-corrected chi connectivity index (χ1v) is 16.9. The lowest BCUT2D eigenvalue weighted by molar-refractivity contribution is -0.135. The van der Waals surface area contributed by atoms with Crippen LogP contribution in [0.1, 0.15) is 66.1 Å². The molecule has 3 amide bonds. The Morgan fingerprint density at radius 1 is 0.979 bits per heavy atom. The molecule has 1 aliphatic carbocycles. The Bertz CT molecular complexity index is 1800. The van der Waals surface area contributed by atoms with E-state index in [2.05, 4.69) is 33.1 Å². The number of carbonyl (C=O) groups excluding carboxylic acids is 3. The fourth-order valence-corrected chi connectivity index (χ4v) is 8.34. The minimum absolute atomic E-state index is 0.140. The predicted molar refractivity (Wildman–Crippen MR) is 181 cm³/mol. The van der Waals surface area contributed by atoms with Gasteiger partial charge in [0.15, 0.2) is 0 Å². The number of benzene rings is 2. The maximum atomic E-state index is 13.4. The van der Waals surface area contributed by atoms with Gasteiger partial charge in [-0.2, -0.15) is 0 Å². The molecule has 1 saturated carbocycles. The molecule has 47 heavy (non-hydrogen) atoms. The fourth-order valence-electron chi connectivity index (χ4n) is 8.34. The van der Waals surface area contributed by atoms with Gasteiger partial charge < -0.3 is 20.4 Å². The Kier molecular flexibility index (Phi) is 8.12. The average molecular weight is 643 g/mol. The van der Waals surface area contributed by atoms with Crippen molar-refractivity contribution in [2.24, 2.45) is 13.0 Å². The Labute approximate surface area is 275 Å². The van der Waals surface area contributed by atoms with Crippen molar-refractivity contribution in [3.63, 3.8) is 0 Å². The predicted octanol–water partition coefficient (Wildman–Crippen LogP) is 2.30. The summed E-state index contributed by atoms with van der Waals surface area (Å²) < 4.78 is 3.19. The zero-order valence-corrected chi connectivity index (χ0v) is 27.9. The number of para-hydroxylation sites is 1. The topological polar surface area (TPSA) is 129 Å². The molecule has 0 bridgehead atoms. The third-order valence-corrected chi connectivity index (χ3v) is 11.0. The molecular weight excluding hydrogens is 596 g/mol. The van der Waals surface area contributed by atoms with E-state index in [0.717, 1.165) is 91.0 Å². The van der Waals surface area contributed by atoms with Crippen molar-refractivity contribution in [3.8, 4) is 0 Å². The van der Waals surface area contributed by atoms with Crippen LogP contribution in [-0.4, -0.2) is 94.4 Å². The van der Waals surface area contributed by atoms with Gasteiger partial charge in [-0.1, -0.05) is 12.1 Å². The molecular formula is C35H46N8O4. The molecule has 0 radical (unpaired) electrons. The second kappa shape index (κ2) is 12.1. The number of likely N-dealkylation sites (N-methyl/N-ethyl adjacent to an activating group) is 1. The van der Waals surface area contributed by atoms with Gasteiger partial charge in [-0.3, -0.25) is 33.7 Å². The monoisotopic (exact) mass is 642 g/mol. The van der Waals surface area contributed by atoms with Gasteiger partial charge >= 0.3 is 5.69 Å². The molecule has 2 aromatic carbocycles. The van der Waals surface area contributed by atoms with Gasteiger partial charge in [0, 0.05) is 77.9 Å². The molecule has 1 atom stereocenters. The Morgan fingerprint density at radius 2 is 1.72 bits per heavy atom. The first kappa shape index (κ1) is 31.4. The van der Waals surface area contributed by atoms with Crippen LogP contribution in [0.3, 0.4) is 0 Å². The van der Waals surface area contributed by atoms with Gasteiger partial charge in [0.25, 0.3) is 5.91 Å². The molecule has 2 saturated heterocycles. The van der Waals surface area contributed by atoms with E-state index >= 15 is 0 Å². The van der Waals surface area contributed by atoms with Crippen LogP contribution in [-0.2, 0) is 29.7 Å². The van der Waals surface area contributed by atoms with E-state index in [4.69, 9.17) is 5.73 Å². The van der Waals surface area contributed by atoms with E-state index < -0.39 is 11.9 Å². The van der Waals surface area contributed by atoms with Crippen LogP contribution in [0.25, 0.3) is 11.0 Å². The third-order valence-electron chi connectivity index (χ3n) is 11.0. The maximum absolute atomic E-state index is 13.4. The number of rotatable bonds is 8. The zero-order chi connectivity index (χ0) is 33.1. The minimum atomic E-state index is -0.681. The largest absolute Gasteiger partial charge is 0.397 e. The van der Waals surface area contributed by atoms with Crippen LogP contribution >= 0.6 is 0 Å². The number of nitrogens with zero attached hydrogens (tertiary/aromatic N) is 6. The molecule has 3 N–H and O–H groups in total. The third kappa shape index (κ3) is 5.61. The highest BCUT2D eigenvalue weighted by atomic mass is 16.2. The maximum Gasteiger partial charge on any atom is 0.329 e. The van der Waals surface area contributed by atoms with Gasteiger partial charge in [0.05, 0.1) is 22.4 Å². The number of nitrogen functional groups attached to an aromatic ring is 1. The normalized spacial score (nSPS) is 23.8. The molecule has 4 aliphatic rings. The number of nitrogens with one attached hydrogen (secondary N) is 1. The summed E-state index contributed by atoms with van der Waals surface area (Å²) in [6, 6.07) is 9.91. The molecule has 1 unspecified atom stereocenters. The van der Waals surface area contributed by atoms with E-state index in [1.165, 1.54) is 0 Å². The summed E-state index contributed by atoms with van der Waals surface area (Å²) in [6.45, 7) is 4.36. The van der Waals surface area contributed by atoms with Crippen molar-refractivity contribution in [1.82, 2.24) is 29.2 Å². The second-order valence-corrected chi connectivity index (χ2v) is 14.3. The van der Waals surface area contributed by atoms with E-state index in [0.29, 0.717) is 24.9 Å². The van der Waals surface area contributed by atoms with E-state index in [-0.39, 0.29) is 30.0 Å². The summed E-state index contributed by atoms with van der Waals surface area (Å²) >= 11 is 0. The number of nitrogens with two attached hydrogens (primary N) is 1. The molecule has 0 spiro atoms. The molecule has 3 aromatic rings. The summed E-state index contributed by atoms with van der Waals surface area (Å²) in [5, 5.41) is 2.38. The number of likely N-dealkylation sites (tertiary alicyclic amines) is 1. The number of imidazole rings is 1. The summed E-state index contributed by atoms with van der Waals surface area (Å²) in [4.78, 5) is 59.9. The Morgan fingerprint density at radius 3 is 2.43 bits per heavy atom. The van der Waals surface area contributed by atoms with Crippen molar-refractivity contribution >= 4 is 40.1 Å². The van der Waals surface area contributed by atoms with Crippen LogP contribution in [0, 0.1) is 5.92 Å². The number of imide groups is 1. The van der Waals surface area contributed by atoms with Gasteiger partial charge in [0.1, 0.15) is 6.04 Å². The van der Waals surface area contributed by atoms with E-state index in [1.807, 2.05) is 43.3 Å². The number of hydrogen-bond donors (Lipinski definition) is 2. The van der Waals surface area contributed by atoms with Crippen LogP contribution in [0.2, 0.25) is 0 Å². The Balaban J connectivity index is 0.922. The Hall–Kier alpha value is -4.16. The number of fused-ring (bicyclic) bond motifs is 2. The summed E-state index contributed by atoms with van der Waals surface area (Å²) in [6.07, 6.45) is 4.86. The highest BCUT2D eigenvalue weighted by Gasteiger charge is 2.37. The minimum Gasteiger partial charge on any atom is -0.397 e. The van der Waals surface area contributed by atoms with Crippen molar-refractivity contribution in [2.75, 3.05) is 51.4 Å². The van der Waals surface area contributed by atoms with Crippen molar-refractivity contribution in [1.29, 1.82) is 0 Å². The van der Waals surface area contributed by atoms with Crippen molar-refractivity contribution < 1.29 is 14.4 Å². The molecule has 3 aliphatic heterocycles.